The van der Waals surface area contributed by atoms with Crippen molar-refractivity contribution in [2.24, 2.45) is 0 Å². The molecular formula is C15H17N3O2. The molecule has 0 bridgehead atoms. The molecule has 5 nitrogen and oxygen atoms in total. The van der Waals surface area contributed by atoms with Gasteiger partial charge >= 0.3 is 5.97 Å². The largest absolute Gasteiger partial charge is 0.478 e. The highest BCUT2D eigenvalue weighted by Gasteiger charge is 2.29. The van der Waals surface area contributed by atoms with E-state index in [0.717, 1.165) is 37.0 Å². The maximum Gasteiger partial charge on any atom is 0.336 e. The van der Waals surface area contributed by atoms with Crippen molar-refractivity contribution in [1.29, 1.82) is 0 Å². The average Bonchev–Trinajstić information content (AvgIpc) is 2.99. The van der Waals surface area contributed by atoms with Gasteiger partial charge in [0.15, 0.2) is 5.65 Å². The molecule has 0 aromatic carbocycles. The zero-order valence-corrected chi connectivity index (χ0v) is 11.2. The minimum Gasteiger partial charge on any atom is -0.478 e. The SMILES string of the molecule is O=C(O)c1cc(C2CC2)nc2c1cnn2C1CCCC1. The van der Waals surface area contributed by atoms with Gasteiger partial charge in [-0.25, -0.2) is 14.5 Å². The van der Waals surface area contributed by atoms with E-state index >= 15 is 0 Å². The van der Waals surface area contributed by atoms with Crippen LogP contribution in [0.4, 0.5) is 0 Å². The Hall–Kier alpha value is -1.91. The number of carboxylic acid groups (broad SMARTS) is 1. The van der Waals surface area contributed by atoms with Crippen LogP contribution in [0.15, 0.2) is 12.3 Å². The number of hydrogen-bond acceptors (Lipinski definition) is 3. The summed E-state index contributed by atoms with van der Waals surface area (Å²) in [6.45, 7) is 0. The van der Waals surface area contributed by atoms with Crippen molar-refractivity contribution in [3.8, 4) is 0 Å². The van der Waals surface area contributed by atoms with Gasteiger partial charge in [0.05, 0.1) is 23.2 Å². The normalized spacial score (nSPS) is 19.8. The molecule has 2 saturated carbocycles. The van der Waals surface area contributed by atoms with Gasteiger partial charge < -0.3 is 5.11 Å². The maximum atomic E-state index is 11.5. The van der Waals surface area contributed by atoms with Crippen LogP contribution >= 0.6 is 0 Å². The molecule has 2 aliphatic rings. The first kappa shape index (κ1) is 11.9. The highest BCUT2D eigenvalue weighted by atomic mass is 16.4. The van der Waals surface area contributed by atoms with E-state index in [4.69, 9.17) is 4.98 Å². The molecule has 20 heavy (non-hydrogen) atoms. The van der Waals surface area contributed by atoms with Crippen LogP contribution in [0.25, 0.3) is 11.0 Å². The summed E-state index contributed by atoms with van der Waals surface area (Å²) >= 11 is 0. The third-order valence-corrected chi connectivity index (χ3v) is 4.48. The zero-order chi connectivity index (χ0) is 13.7. The summed E-state index contributed by atoms with van der Waals surface area (Å²) in [6, 6.07) is 2.12. The Bertz CT molecular complexity index is 682. The van der Waals surface area contributed by atoms with E-state index in [1.54, 1.807) is 12.3 Å². The lowest BCUT2D eigenvalue weighted by molar-refractivity contribution is 0.0699. The van der Waals surface area contributed by atoms with Gasteiger partial charge in [0, 0.05) is 11.6 Å². The molecule has 0 spiro atoms. The molecular weight excluding hydrogens is 254 g/mol. The van der Waals surface area contributed by atoms with Crippen molar-refractivity contribution < 1.29 is 9.90 Å². The van der Waals surface area contributed by atoms with Crippen LogP contribution in [0.2, 0.25) is 0 Å². The first-order chi connectivity index (χ1) is 9.74. The topological polar surface area (TPSA) is 68.0 Å². The van der Waals surface area contributed by atoms with Gasteiger partial charge in [-0.1, -0.05) is 12.8 Å². The minimum absolute atomic E-state index is 0.348. The van der Waals surface area contributed by atoms with Crippen molar-refractivity contribution in [2.75, 3.05) is 0 Å². The van der Waals surface area contributed by atoms with Crippen LogP contribution in [-0.4, -0.2) is 25.8 Å². The fourth-order valence-corrected chi connectivity index (χ4v) is 3.22. The fraction of sp³-hybridized carbons (Fsp3) is 0.533. The Kier molecular flexibility index (Phi) is 2.55. The number of aromatic nitrogens is 3. The number of carbonyl (C=O) groups is 1. The van der Waals surface area contributed by atoms with Crippen molar-refractivity contribution in [2.45, 2.75) is 50.5 Å². The van der Waals surface area contributed by atoms with Crippen molar-refractivity contribution >= 4 is 17.0 Å². The molecule has 0 aliphatic heterocycles. The molecule has 0 saturated heterocycles. The van der Waals surface area contributed by atoms with Crippen LogP contribution in [0.5, 0.6) is 0 Å². The van der Waals surface area contributed by atoms with Crippen LogP contribution in [0.3, 0.4) is 0 Å². The summed E-state index contributed by atoms with van der Waals surface area (Å²) in [7, 11) is 0. The molecule has 5 heteroatoms. The second-order valence-electron chi connectivity index (χ2n) is 5.94. The summed E-state index contributed by atoms with van der Waals surface area (Å²) in [5, 5.41) is 14.5. The molecule has 2 aromatic heterocycles. The second kappa shape index (κ2) is 4.30. The predicted octanol–water partition coefficient (Wildman–Crippen LogP) is 3.12. The van der Waals surface area contributed by atoms with Crippen molar-refractivity contribution in [3.05, 3.63) is 23.5 Å². The lowest BCUT2D eigenvalue weighted by Crippen LogP contribution is -2.08. The van der Waals surface area contributed by atoms with Crippen LogP contribution < -0.4 is 0 Å². The molecule has 0 amide bonds. The number of carboxylic acids is 1. The number of aromatic carboxylic acids is 1. The van der Waals surface area contributed by atoms with Crippen molar-refractivity contribution in [3.63, 3.8) is 0 Å². The van der Waals surface area contributed by atoms with Gasteiger partial charge in [-0.2, -0.15) is 5.10 Å². The smallest absolute Gasteiger partial charge is 0.336 e. The summed E-state index contributed by atoms with van der Waals surface area (Å²) in [6.07, 6.45) is 8.59. The van der Waals surface area contributed by atoms with Gasteiger partial charge in [-0.05, 0) is 31.7 Å². The highest BCUT2D eigenvalue weighted by molar-refractivity contribution is 6.01. The number of nitrogens with zero attached hydrogens (tertiary/aromatic N) is 3. The van der Waals surface area contributed by atoms with E-state index in [-0.39, 0.29) is 0 Å². The van der Waals surface area contributed by atoms with Gasteiger partial charge in [0.1, 0.15) is 0 Å². The monoisotopic (exact) mass is 271 g/mol. The third kappa shape index (κ3) is 1.80. The first-order valence-corrected chi connectivity index (χ1v) is 7.35. The van der Waals surface area contributed by atoms with Gasteiger partial charge in [-0.3, -0.25) is 0 Å². The highest BCUT2D eigenvalue weighted by Crippen LogP contribution is 2.40. The molecule has 0 atom stereocenters. The number of rotatable bonds is 3. The number of hydrogen-bond donors (Lipinski definition) is 1. The molecule has 2 aliphatic carbocycles. The standard InChI is InChI=1S/C15H17N3O2/c19-15(20)11-7-13(9-5-6-9)17-14-12(11)8-16-18(14)10-3-1-2-4-10/h7-10H,1-6H2,(H,19,20). The molecule has 2 heterocycles. The van der Waals surface area contributed by atoms with E-state index in [9.17, 15) is 9.90 Å². The number of pyridine rings is 1. The van der Waals surface area contributed by atoms with E-state index < -0.39 is 5.97 Å². The third-order valence-electron chi connectivity index (χ3n) is 4.48. The summed E-state index contributed by atoms with van der Waals surface area (Å²) in [4.78, 5) is 16.2. The van der Waals surface area contributed by atoms with Crippen LogP contribution in [-0.2, 0) is 0 Å². The van der Waals surface area contributed by atoms with Gasteiger partial charge in [-0.15, -0.1) is 0 Å². The summed E-state index contributed by atoms with van der Waals surface area (Å²) in [5.41, 5.74) is 2.04. The van der Waals surface area contributed by atoms with Crippen LogP contribution in [0.1, 0.15) is 66.5 Å². The van der Waals surface area contributed by atoms with Crippen LogP contribution in [0, 0.1) is 0 Å². The minimum atomic E-state index is -0.884. The molecule has 2 fully saturated rings. The van der Waals surface area contributed by atoms with E-state index in [0.29, 0.717) is 22.9 Å². The molecule has 2 aromatic rings. The Morgan fingerprint density at radius 3 is 2.65 bits per heavy atom. The Balaban J connectivity index is 1.91. The lowest BCUT2D eigenvalue weighted by Gasteiger charge is -2.11. The molecule has 104 valence electrons. The molecule has 1 N–H and O–H groups in total. The van der Waals surface area contributed by atoms with Gasteiger partial charge in [0.25, 0.3) is 0 Å². The Morgan fingerprint density at radius 1 is 1.25 bits per heavy atom. The molecule has 0 unspecified atom stereocenters. The van der Waals surface area contributed by atoms with E-state index in [1.807, 2.05) is 4.68 Å². The van der Waals surface area contributed by atoms with E-state index in [2.05, 4.69) is 5.10 Å². The quantitative estimate of drug-likeness (QED) is 0.931. The number of fused-ring (bicyclic) bond motifs is 1. The summed E-state index contributed by atoms with van der Waals surface area (Å²) in [5.74, 6) is -0.435. The van der Waals surface area contributed by atoms with Gasteiger partial charge in [0.2, 0.25) is 0 Å². The fourth-order valence-electron chi connectivity index (χ4n) is 3.22. The zero-order valence-electron chi connectivity index (χ0n) is 11.2. The maximum absolute atomic E-state index is 11.5. The summed E-state index contributed by atoms with van der Waals surface area (Å²) < 4.78 is 1.96. The Morgan fingerprint density at radius 2 is 2.00 bits per heavy atom. The molecule has 4 rings (SSSR count). The average molecular weight is 271 g/mol. The first-order valence-electron chi connectivity index (χ1n) is 7.35. The molecule has 0 radical (unpaired) electrons. The lowest BCUT2D eigenvalue weighted by atomic mass is 10.1. The predicted molar refractivity (Wildman–Crippen MR) is 74.0 cm³/mol. The second-order valence-corrected chi connectivity index (χ2v) is 5.94. The Labute approximate surface area is 116 Å². The van der Waals surface area contributed by atoms with E-state index in [1.165, 1.54) is 12.8 Å². The van der Waals surface area contributed by atoms with Crippen molar-refractivity contribution in [1.82, 2.24) is 14.8 Å².